The molecule has 0 heterocycles. The van der Waals surface area contributed by atoms with Gasteiger partial charge < -0.3 is 9.84 Å². The molecule has 0 aliphatic heterocycles. The second-order valence-electron chi connectivity index (χ2n) is 5.47. The Labute approximate surface area is 137 Å². The van der Waals surface area contributed by atoms with Gasteiger partial charge in [0.25, 0.3) is 0 Å². The largest absolute Gasteiger partial charge is 0.497 e. The summed E-state index contributed by atoms with van der Waals surface area (Å²) in [7, 11) is 1.55. The highest BCUT2D eigenvalue weighted by Gasteiger charge is 2.30. The number of ether oxygens (including phenoxy) is 1. The van der Waals surface area contributed by atoms with Crippen LogP contribution < -0.4 is 4.74 Å². The zero-order chi connectivity index (χ0) is 17.7. The van der Waals surface area contributed by atoms with E-state index in [1.54, 1.807) is 19.2 Å². The molecule has 0 amide bonds. The van der Waals surface area contributed by atoms with Crippen LogP contribution in [0.15, 0.2) is 48.5 Å². The molecule has 6 heteroatoms. The molecule has 24 heavy (non-hydrogen) atoms. The van der Waals surface area contributed by atoms with Gasteiger partial charge in [0.05, 0.1) is 19.1 Å². The van der Waals surface area contributed by atoms with Crippen molar-refractivity contribution in [1.29, 1.82) is 0 Å². The van der Waals surface area contributed by atoms with E-state index < -0.39 is 23.6 Å². The molecular formula is C18H17F3O3. The van der Waals surface area contributed by atoms with E-state index in [1.807, 2.05) is 12.1 Å². The number of carboxylic acid groups (broad SMARTS) is 1. The fraction of sp³-hybridized carbons (Fsp3) is 0.278. The number of rotatable bonds is 6. The number of carboxylic acids is 1. The number of carbonyl (C=O) groups is 1. The highest BCUT2D eigenvalue weighted by molar-refractivity contribution is 5.68. The van der Waals surface area contributed by atoms with E-state index in [-0.39, 0.29) is 6.42 Å². The molecule has 2 aromatic carbocycles. The molecule has 0 spiro atoms. The fourth-order valence-corrected chi connectivity index (χ4v) is 2.51. The Hall–Kier alpha value is -2.50. The summed E-state index contributed by atoms with van der Waals surface area (Å²) in [5.74, 6) is -0.713. The molecule has 0 saturated heterocycles. The molecule has 0 radical (unpaired) electrons. The predicted octanol–water partition coefficient (Wildman–Crippen LogP) is 4.52. The lowest BCUT2D eigenvalue weighted by molar-refractivity contribution is -0.138. The highest BCUT2D eigenvalue weighted by Crippen LogP contribution is 2.32. The number of hydrogen-bond acceptors (Lipinski definition) is 2. The summed E-state index contributed by atoms with van der Waals surface area (Å²) in [5, 5.41) is 9.09. The van der Waals surface area contributed by atoms with Crippen LogP contribution in [0.2, 0.25) is 0 Å². The van der Waals surface area contributed by atoms with Crippen molar-refractivity contribution in [2.75, 3.05) is 7.11 Å². The van der Waals surface area contributed by atoms with Crippen molar-refractivity contribution in [3.05, 3.63) is 65.2 Å². The average Bonchev–Trinajstić information content (AvgIpc) is 2.54. The van der Waals surface area contributed by atoms with E-state index in [4.69, 9.17) is 9.84 Å². The first kappa shape index (κ1) is 17.8. The monoisotopic (exact) mass is 338 g/mol. The van der Waals surface area contributed by atoms with Crippen LogP contribution in [0.4, 0.5) is 13.2 Å². The zero-order valence-corrected chi connectivity index (χ0v) is 13.0. The molecule has 0 aliphatic rings. The summed E-state index contributed by atoms with van der Waals surface area (Å²) in [6.07, 6.45) is -4.14. The molecule has 0 saturated carbocycles. The van der Waals surface area contributed by atoms with Gasteiger partial charge >= 0.3 is 12.1 Å². The Morgan fingerprint density at radius 1 is 1.08 bits per heavy atom. The summed E-state index contributed by atoms with van der Waals surface area (Å²) in [5.41, 5.74) is 0.716. The number of benzene rings is 2. The summed E-state index contributed by atoms with van der Waals surface area (Å²) in [6, 6.07) is 11.8. The predicted molar refractivity (Wildman–Crippen MR) is 83.1 cm³/mol. The summed E-state index contributed by atoms with van der Waals surface area (Å²) >= 11 is 0. The molecule has 2 rings (SSSR count). The smallest absolute Gasteiger partial charge is 0.416 e. The molecule has 0 bridgehead atoms. The van der Waals surface area contributed by atoms with Gasteiger partial charge in [0.1, 0.15) is 5.75 Å². The van der Waals surface area contributed by atoms with Crippen LogP contribution in [0.1, 0.15) is 29.0 Å². The van der Waals surface area contributed by atoms with Gasteiger partial charge in [-0.05, 0) is 47.7 Å². The number of hydrogen-bond donors (Lipinski definition) is 1. The second kappa shape index (κ2) is 7.38. The maximum atomic E-state index is 12.6. The molecule has 1 unspecified atom stereocenters. The standard InChI is InChI=1S/C18H17F3O3/c1-24-16-8-2-12(3-9-16)10-14(11-17(22)23)13-4-6-15(7-5-13)18(19,20)21/h2-9,14H,10-11H2,1H3,(H,22,23). The first-order valence-electron chi connectivity index (χ1n) is 7.31. The summed E-state index contributed by atoms with van der Waals surface area (Å²) in [4.78, 5) is 11.1. The van der Waals surface area contributed by atoms with E-state index in [0.717, 1.165) is 17.7 Å². The Balaban J connectivity index is 2.22. The molecular weight excluding hydrogens is 321 g/mol. The van der Waals surface area contributed by atoms with E-state index in [2.05, 4.69) is 0 Å². The van der Waals surface area contributed by atoms with Gasteiger partial charge in [-0.25, -0.2) is 0 Å². The van der Waals surface area contributed by atoms with Crippen molar-refractivity contribution in [2.45, 2.75) is 24.9 Å². The van der Waals surface area contributed by atoms with Crippen molar-refractivity contribution in [3.63, 3.8) is 0 Å². The van der Waals surface area contributed by atoms with Crippen LogP contribution in [-0.2, 0) is 17.4 Å². The van der Waals surface area contributed by atoms with E-state index >= 15 is 0 Å². The molecule has 128 valence electrons. The third kappa shape index (κ3) is 4.75. The second-order valence-corrected chi connectivity index (χ2v) is 5.47. The van der Waals surface area contributed by atoms with Crippen molar-refractivity contribution < 1.29 is 27.8 Å². The van der Waals surface area contributed by atoms with Gasteiger partial charge in [0, 0.05) is 0 Å². The van der Waals surface area contributed by atoms with Gasteiger partial charge in [-0.3, -0.25) is 4.79 Å². The van der Waals surface area contributed by atoms with Crippen LogP contribution in [0.5, 0.6) is 5.75 Å². The van der Waals surface area contributed by atoms with Gasteiger partial charge in [-0.1, -0.05) is 24.3 Å². The third-order valence-corrected chi connectivity index (χ3v) is 3.77. The minimum atomic E-state index is -4.41. The van der Waals surface area contributed by atoms with Crippen molar-refractivity contribution in [1.82, 2.24) is 0 Å². The van der Waals surface area contributed by atoms with E-state index in [9.17, 15) is 18.0 Å². The Morgan fingerprint density at radius 2 is 1.67 bits per heavy atom. The minimum absolute atomic E-state index is 0.155. The van der Waals surface area contributed by atoms with Crippen LogP contribution in [-0.4, -0.2) is 18.2 Å². The summed E-state index contributed by atoms with van der Waals surface area (Å²) in [6.45, 7) is 0. The number of methoxy groups -OCH3 is 1. The quantitative estimate of drug-likeness (QED) is 0.843. The van der Waals surface area contributed by atoms with E-state index in [0.29, 0.717) is 17.7 Å². The van der Waals surface area contributed by atoms with Crippen LogP contribution in [0, 0.1) is 0 Å². The molecule has 1 atom stereocenters. The highest BCUT2D eigenvalue weighted by atomic mass is 19.4. The number of aliphatic carboxylic acids is 1. The van der Waals surface area contributed by atoms with Gasteiger partial charge in [0.15, 0.2) is 0 Å². The van der Waals surface area contributed by atoms with E-state index in [1.165, 1.54) is 12.1 Å². The molecule has 0 aromatic heterocycles. The van der Waals surface area contributed by atoms with Crippen molar-refractivity contribution in [2.24, 2.45) is 0 Å². The minimum Gasteiger partial charge on any atom is -0.497 e. The van der Waals surface area contributed by atoms with Gasteiger partial charge in [-0.2, -0.15) is 13.2 Å². The summed E-state index contributed by atoms with van der Waals surface area (Å²) < 4.78 is 43.0. The van der Waals surface area contributed by atoms with Crippen LogP contribution in [0.3, 0.4) is 0 Å². The van der Waals surface area contributed by atoms with Crippen LogP contribution >= 0.6 is 0 Å². The lowest BCUT2D eigenvalue weighted by Gasteiger charge is -2.17. The Morgan fingerprint density at radius 3 is 2.12 bits per heavy atom. The molecule has 0 fully saturated rings. The number of alkyl halides is 3. The SMILES string of the molecule is COc1ccc(CC(CC(=O)O)c2ccc(C(F)(F)F)cc2)cc1. The van der Waals surface area contributed by atoms with Gasteiger partial charge in [-0.15, -0.1) is 0 Å². The fourth-order valence-electron chi connectivity index (χ4n) is 2.51. The average molecular weight is 338 g/mol. The first-order chi connectivity index (χ1) is 11.3. The lowest BCUT2D eigenvalue weighted by atomic mass is 9.89. The lowest BCUT2D eigenvalue weighted by Crippen LogP contribution is -2.10. The molecule has 0 aliphatic carbocycles. The van der Waals surface area contributed by atoms with Crippen LogP contribution in [0.25, 0.3) is 0 Å². The molecule has 2 aromatic rings. The van der Waals surface area contributed by atoms with Crippen molar-refractivity contribution in [3.8, 4) is 5.75 Å². The number of halogens is 3. The third-order valence-electron chi connectivity index (χ3n) is 3.77. The maximum absolute atomic E-state index is 12.6. The molecule has 1 N–H and O–H groups in total. The molecule has 3 nitrogen and oxygen atoms in total. The Bertz CT molecular complexity index is 676. The Kier molecular flexibility index (Phi) is 5.49. The van der Waals surface area contributed by atoms with Crippen molar-refractivity contribution >= 4 is 5.97 Å². The normalized spacial score (nSPS) is 12.7. The topological polar surface area (TPSA) is 46.5 Å². The van der Waals surface area contributed by atoms with Gasteiger partial charge in [0.2, 0.25) is 0 Å². The first-order valence-corrected chi connectivity index (χ1v) is 7.31. The maximum Gasteiger partial charge on any atom is 0.416 e. The zero-order valence-electron chi connectivity index (χ0n) is 13.0.